The molecule has 0 saturated heterocycles. The number of carbonyl (C=O) groups is 1. The number of rotatable bonds is 3. The molecule has 112 valence electrons. The number of hydrogen-bond donors (Lipinski definition) is 1. The Morgan fingerprint density at radius 2 is 1.82 bits per heavy atom. The SMILES string of the molecule is Cc1c(C(=O)NCc2ccccc2F)oc2c(F)cccc12. The first-order chi connectivity index (χ1) is 10.6. The van der Waals surface area contributed by atoms with Gasteiger partial charge in [0.05, 0.1) is 0 Å². The van der Waals surface area contributed by atoms with Gasteiger partial charge < -0.3 is 9.73 Å². The molecule has 3 aromatic rings. The van der Waals surface area contributed by atoms with Crippen molar-refractivity contribution in [1.82, 2.24) is 5.32 Å². The monoisotopic (exact) mass is 301 g/mol. The molecule has 1 heterocycles. The lowest BCUT2D eigenvalue weighted by molar-refractivity contribution is 0.0924. The molecule has 1 aromatic heterocycles. The van der Waals surface area contributed by atoms with Gasteiger partial charge in [0.2, 0.25) is 0 Å². The highest BCUT2D eigenvalue weighted by molar-refractivity contribution is 5.98. The van der Waals surface area contributed by atoms with Crippen molar-refractivity contribution in [3.8, 4) is 0 Å². The zero-order chi connectivity index (χ0) is 15.7. The lowest BCUT2D eigenvalue weighted by atomic mass is 10.1. The Morgan fingerprint density at radius 1 is 1.09 bits per heavy atom. The average molecular weight is 301 g/mol. The normalized spacial score (nSPS) is 10.9. The molecule has 2 aromatic carbocycles. The predicted molar refractivity (Wildman–Crippen MR) is 78.5 cm³/mol. The molecule has 0 spiro atoms. The van der Waals surface area contributed by atoms with E-state index in [-0.39, 0.29) is 17.9 Å². The minimum atomic E-state index is -0.520. The average Bonchev–Trinajstić information content (AvgIpc) is 2.85. The summed E-state index contributed by atoms with van der Waals surface area (Å²) in [5.41, 5.74) is 0.979. The zero-order valence-electron chi connectivity index (χ0n) is 11.8. The van der Waals surface area contributed by atoms with E-state index in [1.54, 1.807) is 37.3 Å². The fourth-order valence-corrected chi connectivity index (χ4v) is 2.32. The Morgan fingerprint density at radius 3 is 2.55 bits per heavy atom. The van der Waals surface area contributed by atoms with Crippen molar-refractivity contribution >= 4 is 16.9 Å². The first-order valence-electron chi connectivity index (χ1n) is 6.77. The van der Waals surface area contributed by atoms with Crippen LogP contribution in [0.1, 0.15) is 21.7 Å². The van der Waals surface area contributed by atoms with E-state index in [0.717, 1.165) is 0 Å². The molecule has 0 fully saturated rings. The van der Waals surface area contributed by atoms with Crippen LogP contribution in [0.3, 0.4) is 0 Å². The predicted octanol–water partition coefficient (Wildman–Crippen LogP) is 3.95. The van der Waals surface area contributed by atoms with E-state index in [4.69, 9.17) is 4.42 Å². The van der Waals surface area contributed by atoms with Crippen LogP contribution in [0.2, 0.25) is 0 Å². The molecule has 0 atom stereocenters. The fraction of sp³-hybridized carbons (Fsp3) is 0.118. The molecule has 0 saturated carbocycles. The van der Waals surface area contributed by atoms with Gasteiger partial charge in [0, 0.05) is 23.1 Å². The number of hydrogen-bond acceptors (Lipinski definition) is 2. The molecule has 1 N–H and O–H groups in total. The zero-order valence-corrected chi connectivity index (χ0v) is 11.8. The second kappa shape index (κ2) is 5.60. The Labute approximate surface area is 125 Å². The number of furan rings is 1. The van der Waals surface area contributed by atoms with E-state index in [9.17, 15) is 13.6 Å². The molecule has 0 aliphatic carbocycles. The molecule has 3 rings (SSSR count). The van der Waals surface area contributed by atoms with Gasteiger partial charge in [0.15, 0.2) is 17.2 Å². The smallest absolute Gasteiger partial charge is 0.287 e. The van der Waals surface area contributed by atoms with Crippen molar-refractivity contribution in [2.75, 3.05) is 0 Å². The van der Waals surface area contributed by atoms with Crippen molar-refractivity contribution in [2.45, 2.75) is 13.5 Å². The van der Waals surface area contributed by atoms with Gasteiger partial charge in [-0.3, -0.25) is 4.79 Å². The Hall–Kier alpha value is -2.69. The lowest BCUT2D eigenvalue weighted by Gasteiger charge is -2.05. The molecule has 0 aliphatic rings. The maximum Gasteiger partial charge on any atom is 0.287 e. The van der Waals surface area contributed by atoms with Gasteiger partial charge in [-0.05, 0) is 19.1 Å². The van der Waals surface area contributed by atoms with Crippen LogP contribution in [0, 0.1) is 18.6 Å². The summed E-state index contributed by atoms with van der Waals surface area (Å²) in [7, 11) is 0. The van der Waals surface area contributed by atoms with Crippen LogP contribution in [-0.4, -0.2) is 5.91 Å². The number of aryl methyl sites for hydroxylation is 1. The van der Waals surface area contributed by atoms with Crippen molar-refractivity contribution in [2.24, 2.45) is 0 Å². The van der Waals surface area contributed by atoms with E-state index < -0.39 is 17.5 Å². The fourth-order valence-electron chi connectivity index (χ4n) is 2.32. The second-order valence-corrected chi connectivity index (χ2v) is 4.95. The van der Waals surface area contributed by atoms with Gasteiger partial charge in [-0.1, -0.05) is 30.3 Å². The van der Waals surface area contributed by atoms with Crippen molar-refractivity contribution < 1.29 is 18.0 Å². The number of carbonyl (C=O) groups excluding carboxylic acids is 1. The third-order valence-electron chi connectivity index (χ3n) is 3.52. The van der Waals surface area contributed by atoms with Crippen LogP contribution in [-0.2, 0) is 6.54 Å². The summed E-state index contributed by atoms with van der Waals surface area (Å²) < 4.78 is 32.5. The van der Waals surface area contributed by atoms with Gasteiger partial charge >= 0.3 is 0 Å². The highest BCUT2D eigenvalue weighted by atomic mass is 19.1. The largest absolute Gasteiger partial charge is 0.448 e. The Bertz CT molecular complexity index is 855. The van der Waals surface area contributed by atoms with Crippen LogP contribution in [0.15, 0.2) is 46.9 Å². The third-order valence-corrected chi connectivity index (χ3v) is 3.52. The van der Waals surface area contributed by atoms with Gasteiger partial charge in [-0.15, -0.1) is 0 Å². The van der Waals surface area contributed by atoms with E-state index >= 15 is 0 Å². The van der Waals surface area contributed by atoms with Gasteiger partial charge in [-0.2, -0.15) is 0 Å². The van der Waals surface area contributed by atoms with E-state index in [0.29, 0.717) is 16.5 Å². The topological polar surface area (TPSA) is 42.2 Å². The van der Waals surface area contributed by atoms with E-state index in [1.165, 1.54) is 12.1 Å². The number of nitrogens with one attached hydrogen (secondary N) is 1. The maximum atomic E-state index is 13.7. The van der Waals surface area contributed by atoms with Crippen LogP contribution < -0.4 is 5.32 Å². The summed E-state index contributed by atoms with van der Waals surface area (Å²) in [6, 6.07) is 10.7. The minimum absolute atomic E-state index is 0.0322. The molecule has 0 bridgehead atoms. The number of para-hydroxylation sites is 1. The van der Waals surface area contributed by atoms with Crippen LogP contribution >= 0.6 is 0 Å². The second-order valence-electron chi connectivity index (χ2n) is 4.95. The molecule has 22 heavy (non-hydrogen) atoms. The number of fused-ring (bicyclic) bond motifs is 1. The molecular formula is C17H13F2NO2. The first-order valence-corrected chi connectivity index (χ1v) is 6.77. The molecule has 5 heteroatoms. The molecular weight excluding hydrogens is 288 g/mol. The maximum absolute atomic E-state index is 13.7. The summed E-state index contributed by atoms with van der Waals surface area (Å²) in [5, 5.41) is 3.13. The van der Waals surface area contributed by atoms with Gasteiger partial charge in [0.25, 0.3) is 5.91 Å². The van der Waals surface area contributed by atoms with Gasteiger partial charge in [-0.25, -0.2) is 8.78 Å². The highest BCUT2D eigenvalue weighted by Crippen LogP contribution is 2.27. The number of benzene rings is 2. The van der Waals surface area contributed by atoms with Crippen molar-refractivity contribution in [3.63, 3.8) is 0 Å². The first kappa shape index (κ1) is 14.3. The summed E-state index contributed by atoms with van der Waals surface area (Å²) in [5.74, 6) is -1.38. The molecule has 0 aliphatic heterocycles. The van der Waals surface area contributed by atoms with Crippen LogP contribution in [0.5, 0.6) is 0 Å². The minimum Gasteiger partial charge on any atom is -0.448 e. The Kier molecular flexibility index (Phi) is 3.63. The molecule has 3 nitrogen and oxygen atoms in total. The summed E-state index contributed by atoms with van der Waals surface area (Å²) >= 11 is 0. The van der Waals surface area contributed by atoms with Crippen LogP contribution in [0.25, 0.3) is 11.0 Å². The van der Waals surface area contributed by atoms with Crippen molar-refractivity contribution in [1.29, 1.82) is 0 Å². The standard InChI is InChI=1S/C17H13F2NO2/c1-10-12-6-4-8-14(19)16(12)22-15(10)17(21)20-9-11-5-2-3-7-13(11)18/h2-8H,9H2,1H3,(H,20,21). The van der Waals surface area contributed by atoms with Crippen molar-refractivity contribution in [3.05, 3.63) is 71.0 Å². The van der Waals surface area contributed by atoms with Gasteiger partial charge in [0.1, 0.15) is 5.82 Å². The Balaban J connectivity index is 1.85. The summed E-state index contributed by atoms with van der Waals surface area (Å²) in [6.45, 7) is 1.72. The number of halogens is 2. The molecule has 0 radical (unpaired) electrons. The molecule has 0 unspecified atom stereocenters. The summed E-state index contributed by atoms with van der Waals surface area (Å²) in [6.07, 6.45) is 0. The summed E-state index contributed by atoms with van der Waals surface area (Å²) in [4.78, 5) is 12.2. The number of amides is 1. The van der Waals surface area contributed by atoms with E-state index in [2.05, 4.69) is 5.32 Å². The lowest BCUT2D eigenvalue weighted by Crippen LogP contribution is -2.23. The highest BCUT2D eigenvalue weighted by Gasteiger charge is 2.19. The quantitative estimate of drug-likeness (QED) is 0.796. The third kappa shape index (κ3) is 2.45. The molecule has 1 amide bonds. The van der Waals surface area contributed by atoms with Crippen LogP contribution in [0.4, 0.5) is 8.78 Å². The van der Waals surface area contributed by atoms with E-state index in [1.807, 2.05) is 0 Å².